The van der Waals surface area contributed by atoms with Gasteiger partial charge in [-0.3, -0.25) is 13.9 Å². The third-order valence-corrected chi connectivity index (χ3v) is 6.84. The maximum atomic E-state index is 10.8. The fraction of sp³-hybridized carbons (Fsp3) is 0.316. The molecule has 0 aliphatic carbocycles. The van der Waals surface area contributed by atoms with Crippen LogP contribution >= 0.6 is 10.8 Å². The number of aliphatic hydroxyl groups is 1. The number of carbonyl (C=O) groups excluding carboxylic acids is 1. The van der Waals surface area contributed by atoms with E-state index in [-0.39, 0.29) is 13.0 Å². The lowest BCUT2D eigenvalue weighted by molar-refractivity contribution is 0.0983. The number of aliphatic hydroxyl groups excluding tert-OH is 1. The molecule has 0 spiro atoms. The molecule has 0 saturated carbocycles. The van der Waals surface area contributed by atoms with E-state index in [0.717, 1.165) is 17.4 Å². The Morgan fingerprint density at radius 2 is 1.86 bits per heavy atom. The molecule has 0 bridgehead atoms. The summed E-state index contributed by atoms with van der Waals surface area (Å²) in [7, 11) is -0.240. The van der Waals surface area contributed by atoms with Crippen molar-refractivity contribution in [2.45, 2.75) is 24.4 Å². The molecule has 4 N–H and O–H groups in total. The van der Waals surface area contributed by atoms with Gasteiger partial charge in [-0.25, -0.2) is 5.43 Å². The largest absolute Gasteiger partial charge is 0.497 e. The average molecular weight is 408 g/mol. The molecule has 2 aromatic rings. The van der Waals surface area contributed by atoms with Gasteiger partial charge in [-0.2, -0.15) is 0 Å². The molecule has 1 heterocycles. The van der Waals surface area contributed by atoms with E-state index in [0.29, 0.717) is 17.1 Å². The number of methoxy groups -OCH3 is 2. The summed E-state index contributed by atoms with van der Waals surface area (Å²) in [5.74, 6) is 1.17. The number of ether oxygens (including phenoxy) is 2. The van der Waals surface area contributed by atoms with Crippen molar-refractivity contribution in [2.75, 3.05) is 14.2 Å². The van der Waals surface area contributed by atoms with E-state index in [2.05, 4.69) is 5.43 Å². The van der Waals surface area contributed by atoms with E-state index in [9.17, 15) is 19.0 Å². The number of benzene rings is 2. The van der Waals surface area contributed by atoms with Crippen LogP contribution in [0.4, 0.5) is 0 Å². The van der Waals surface area contributed by atoms with Gasteiger partial charge in [0.2, 0.25) is 0 Å². The van der Waals surface area contributed by atoms with Crippen molar-refractivity contribution in [1.29, 1.82) is 0 Å². The van der Waals surface area contributed by atoms with Crippen molar-refractivity contribution in [3.63, 3.8) is 0 Å². The summed E-state index contributed by atoms with van der Waals surface area (Å²) in [5, 5.41) is 9.57. The second-order valence-corrected chi connectivity index (χ2v) is 8.62. The highest BCUT2D eigenvalue weighted by Crippen LogP contribution is 2.54. The minimum Gasteiger partial charge on any atom is -0.497 e. The molecular weight excluding hydrogens is 384 g/mol. The van der Waals surface area contributed by atoms with Crippen LogP contribution in [0.1, 0.15) is 21.5 Å². The van der Waals surface area contributed by atoms with Gasteiger partial charge < -0.3 is 14.6 Å². The first-order valence-corrected chi connectivity index (χ1v) is 10.2. The van der Waals surface area contributed by atoms with Crippen LogP contribution in [0.25, 0.3) is 0 Å². The summed E-state index contributed by atoms with van der Waals surface area (Å²) in [6, 6.07) is 12.0. The zero-order valence-electron chi connectivity index (χ0n) is 15.6. The van der Waals surface area contributed by atoms with Crippen molar-refractivity contribution in [1.82, 2.24) is 9.84 Å². The number of rotatable bonds is 7. The van der Waals surface area contributed by atoms with E-state index in [1.807, 2.05) is 0 Å². The fourth-order valence-corrected chi connectivity index (χ4v) is 4.85. The molecule has 2 aromatic carbocycles. The Morgan fingerprint density at radius 1 is 1.14 bits per heavy atom. The molecule has 2 atom stereocenters. The van der Waals surface area contributed by atoms with Crippen molar-refractivity contribution in [2.24, 2.45) is 0 Å². The SMILES string of the molecule is COc1ccc(CC2C(O)NN(Cc3ccc(C=O)cc3)S2(O)O)c(OC)c1. The van der Waals surface area contributed by atoms with Crippen LogP contribution in [0.2, 0.25) is 0 Å². The predicted molar refractivity (Wildman–Crippen MR) is 106 cm³/mol. The highest BCUT2D eigenvalue weighted by atomic mass is 32.3. The third-order valence-electron chi connectivity index (χ3n) is 4.72. The Morgan fingerprint density at radius 3 is 2.46 bits per heavy atom. The minimum atomic E-state index is -3.31. The Balaban J connectivity index is 1.78. The van der Waals surface area contributed by atoms with Gasteiger partial charge in [0, 0.05) is 18.1 Å². The van der Waals surface area contributed by atoms with Crippen LogP contribution in [0.3, 0.4) is 0 Å². The molecule has 9 heteroatoms. The van der Waals surface area contributed by atoms with Crippen LogP contribution in [-0.4, -0.2) is 50.6 Å². The van der Waals surface area contributed by atoms with Gasteiger partial charge in [0.15, 0.2) is 0 Å². The van der Waals surface area contributed by atoms with Crippen LogP contribution in [0.15, 0.2) is 42.5 Å². The number of hydrogen-bond donors (Lipinski definition) is 4. The van der Waals surface area contributed by atoms with Crippen molar-refractivity contribution >= 4 is 17.1 Å². The number of hydrogen-bond acceptors (Lipinski definition) is 8. The smallest absolute Gasteiger partial charge is 0.150 e. The quantitative estimate of drug-likeness (QED) is 0.517. The van der Waals surface area contributed by atoms with Gasteiger partial charge in [0.1, 0.15) is 29.3 Å². The molecule has 152 valence electrons. The molecule has 0 aromatic heterocycles. The molecule has 1 aliphatic heterocycles. The van der Waals surface area contributed by atoms with Gasteiger partial charge >= 0.3 is 0 Å². The number of hydrazine groups is 1. The molecule has 2 unspecified atom stereocenters. The maximum Gasteiger partial charge on any atom is 0.150 e. The monoisotopic (exact) mass is 408 g/mol. The first-order valence-electron chi connectivity index (χ1n) is 8.63. The zero-order valence-corrected chi connectivity index (χ0v) is 16.4. The second kappa shape index (κ2) is 8.48. The summed E-state index contributed by atoms with van der Waals surface area (Å²) in [6.45, 7) is 0.161. The van der Waals surface area contributed by atoms with Crippen molar-refractivity contribution in [3.8, 4) is 11.5 Å². The van der Waals surface area contributed by atoms with Crippen LogP contribution in [0.5, 0.6) is 11.5 Å². The molecule has 28 heavy (non-hydrogen) atoms. The number of carbonyl (C=O) groups is 1. The second-order valence-electron chi connectivity index (χ2n) is 6.45. The molecule has 8 nitrogen and oxygen atoms in total. The molecule has 1 aliphatic rings. The topological polar surface area (TPSA) is 111 Å². The Kier molecular flexibility index (Phi) is 6.23. The number of aldehydes is 1. The Labute approximate surface area is 165 Å². The molecule has 3 rings (SSSR count). The summed E-state index contributed by atoms with van der Waals surface area (Å²) < 4.78 is 33.4. The van der Waals surface area contributed by atoms with Crippen molar-refractivity contribution < 1.29 is 28.5 Å². The van der Waals surface area contributed by atoms with E-state index < -0.39 is 22.3 Å². The average Bonchev–Trinajstić information content (AvgIpc) is 2.91. The standard InChI is InChI=1S/C19H24N2O6S/c1-26-16-8-7-15(17(10-16)27-2)9-18-19(23)20-21(28(18,24)25)11-13-3-5-14(12-22)6-4-13/h3-8,10,12,18-20,23-25H,9,11H2,1-2H3. The maximum absolute atomic E-state index is 10.8. The van der Waals surface area contributed by atoms with Gasteiger partial charge in [-0.05, 0) is 17.2 Å². The molecule has 1 saturated heterocycles. The van der Waals surface area contributed by atoms with E-state index in [1.54, 1.807) is 49.6 Å². The summed E-state index contributed by atoms with van der Waals surface area (Å²) in [5.41, 5.74) is 4.78. The van der Waals surface area contributed by atoms with Crippen molar-refractivity contribution in [3.05, 3.63) is 59.2 Å². The summed E-state index contributed by atoms with van der Waals surface area (Å²) >= 11 is 0. The Bertz CT molecular complexity index is 830. The lowest BCUT2D eigenvalue weighted by Gasteiger charge is -2.39. The summed E-state index contributed by atoms with van der Waals surface area (Å²) in [4.78, 5) is 10.8. The lowest BCUT2D eigenvalue weighted by atomic mass is 10.1. The first kappa shape index (κ1) is 20.6. The Hall–Kier alpha value is -2.14. The van der Waals surface area contributed by atoms with E-state index >= 15 is 0 Å². The molecule has 0 amide bonds. The lowest BCUT2D eigenvalue weighted by Crippen LogP contribution is -2.36. The number of nitrogens with one attached hydrogen (secondary N) is 1. The first-order chi connectivity index (χ1) is 13.4. The van der Waals surface area contributed by atoms with Crippen LogP contribution < -0.4 is 14.9 Å². The zero-order chi connectivity index (χ0) is 20.3. The molecular formula is C19H24N2O6S. The predicted octanol–water partition coefficient (Wildman–Crippen LogP) is 2.43. The highest BCUT2D eigenvalue weighted by molar-refractivity contribution is 8.23. The molecule has 0 radical (unpaired) electrons. The van der Waals surface area contributed by atoms with Gasteiger partial charge in [-0.15, -0.1) is 15.2 Å². The van der Waals surface area contributed by atoms with Crippen LogP contribution in [0, 0.1) is 0 Å². The fourth-order valence-electron chi connectivity index (χ4n) is 3.11. The molecule has 1 fully saturated rings. The van der Waals surface area contributed by atoms with Crippen LogP contribution in [-0.2, 0) is 13.0 Å². The third kappa shape index (κ3) is 4.14. The minimum absolute atomic E-state index is 0.161. The normalized spacial score (nSPS) is 22.6. The van der Waals surface area contributed by atoms with E-state index in [4.69, 9.17) is 9.47 Å². The van der Waals surface area contributed by atoms with Gasteiger partial charge in [0.25, 0.3) is 0 Å². The van der Waals surface area contributed by atoms with Gasteiger partial charge in [-0.1, -0.05) is 30.3 Å². The van der Waals surface area contributed by atoms with Gasteiger partial charge in [0.05, 0.1) is 20.8 Å². The summed E-state index contributed by atoms with van der Waals surface area (Å²) in [6.07, 6.45) is -0.191. The highest BCUT2D eigenvalue weighted by Gasteiger charge is 2.45. The number of nitrogens with zero attached hydrogens (tertiary/aromatic N) is 1. The van der Waals surface area contributed by atoms with E-state index in [1.165, 1.54) is 11.5 Å².